The van der Waals surface area contributed by atoms with Gasteiger partial charge in [-0.05, 0) is 13.8 Å². The van der Waals surface area contributed by atoms with Crippen molar-refractivity contribution in [3.63, 3.8) is 0 Å². The lowest BCUT2D eigenvalue weighted by Crippen LogP contribution is -1.91. The quantitative estimate of drug-likeness (QED) is 0.547. The molecule has 3 heteroatoms. The summed E-state index contributed by atoms with van der Waals surface area (Å²) in [5.74, 6) is 1.55. The first-order valence-corrected chi connectivity index (χ1v) is 3.41. The molecule has 0 saturated heterocycles. The van der Waals surface area contributed by atoms with Crippen LogP contribution in [0, 0.1) is 13.8 Å². The molecule has 3 nitrogen and oxygen atoms in total. The van der Waals surface area contributed by atoms with Crippen molar-refractivity contribution in [3.8, 4) is 0 Å². The predicted octanol–water partition coefficient (Wildman–Crippen LogP) is 1.51. The molecule has 1 aromatic heterocycles. The third kappa shape index (κ3) is 3.12. The van der Waals surface area contributed by atoms with Gasteiger partial charge in [0, 0.05) is 0 Å². The van der Waals surface area contributed by atoms with Crippen LogP contribution in [0.1, 0.15) is 25.5 Å². The average molecular weight is 139 g/mol. The van der Waals surface area contributed by atoms with E-state index in [1.54, 1.807) is 0 Å². The standard InChI is InChI=1S/C5H7N3.C2H6/c1-4-6-3-7-5(2)8-4;1-2/h3H,1-2H3;1-2H3. The van der Waals surface area contributed by atoms with Crippen LogP contribution >= 0.6 is 0 Å². The summed E-state index contributed by atoms with van der Waals surface area (Å²) >= 11 is 0. The van der Waals surface area contributed by atoms with Gasteiger partial charge in [-0.3, -0.25) is 0 Å². The van der Waals surface area contributed by atoms with E-state index in [2.05, 4.69) is 15.0 Å². The lowest BCUT2D eigenvalue weighted by Gasteiger charge is -1.88. The van der Waals surface area contributed by atoms with Gasteiger partial charge < -0.3 is 0 Å². The third-order valence-corrected chi connectivity index (χ3v) is 0.813. The van der Waals surface area contributed by atoms with Crippen LogP contribution in [-0.2, 0) is 0 Å². The molecule has 0 amide bonds. The normalized spacial score (nSPS) is 8.00. The van der Waals surface area contributed by atoms with Crippen LogP contribution in [0.15, 0.2) is 6.33 Å². The van der Waals surface area contributed by atoms with Gasteiger partial charge in [-0.15, -0.1) is 0 Å². The summed E-state index contributed by atoms with van der Waals surface area (Å²) in [5, 5.41) is 0. The van der Waals surface area contributed by atoms with Crippen molar-refractivity contribution in [2.24, 2.45) is 0 Å². The van der Waals surface area contributed by atoms with Gasteiger partial charge >= 0.3 is 0 Å². The smallest absolute Gasteiger partial charge is 0.129 e. The van der Waals surface area contributed by atoms with Crippen molar-refractivity contribution in [2.75, 3.05) is 0 Å². The van der Waals surface area contributed by atoms with E-state index < -0.39 is 0 Å². The number of aryl methyl sites for hydroxylation is 2. The Morgan fingerprint density at radius 1 is 1.00 bits per heavy atom. The largest absolute Gasteiger partial charge is 0.222 e. The molecule has 1 aromatic rings. The molecule has 0 unspecified atom stereocenters. The highest BCUT2D eigenvalue weighted by Crippen LogP contribution is 1.83. The summed E-state index contributed by atoms with van der Waals surface area (Å²) < 4.78 is 0. The van der Waals surface area contributed by atoms with E-state index in [1.165, 1.54) is 6.33 Å². The highest BCUT2D eigenvalue weighted by Gasteiger charge is 1.84. The van der Waals surface area contributed by atoms with Crippen molar-refractivity contribution in [2.45, 2.75) is 27.7 Å². The second-order valence-corrected chi connectivity index (χ2v) is 1.58. The summed E-state index contributed by atoms with van der Waals surface area (Å²) in [6.45, 7) is 7.68. The molecule has 0 bridgehead atoms. The molecular weight excluding hydrogens is 126 g/mol. The Bertz CT molecular complexity index is 169. The van der Waals surface area contributed by atoms with E-state index in [0.717, 1.165) is 11.6 Å². The molecule has 1 rings (SSSR count). The first kappa shape index (κ1) is 9.01. The van der Waals surface area contributed by atoms with Gasteiger partial charge in [0.1, 0.15) is 18.0 Å². The Balaban J connectivity index is 0.000000371. The van der Waals surface area contributed by atoms with Crippen LogP contribution in [-0.4, -0.2) is 15.0 Å². The first-order valence-electron chi connectivity index (χ1n) is 3.41. The predicted molar refractivity (Wildman–Crippen MR) is 40.6 cm³/mol. The Labute approximate surface area is 61.6 Å². The van der Waals surface area contributed by atoms with E-state index in [-0.39, 0.29) is 0 Å². The lowest BCUT2D eigenvalue weighted by molar-refractivity contribution is 0.920. The van der Waals surface area contributed by atoms with Crippen molar-refractivity contribution in [1.82, 2.24) is 15.0 Å². The average Bonchev–Trinajstić information content (AvgIpc) is 1.91. The van der Waals surface area contributed by atoms with Crippen LogP contribution in [0.3, 0.4) is 0 Å². The molecule has 0 aliphatic carbocycles. The van der Waals surface area contributed by atoms with Gasteiger partial charge in [-0.25, -0.2) is 15.0 Å². The van der Waals surface area contributed by atoms with Gasteiger partial charge in [0.25, 0.3) is 0 Å². The first-order chi connectivity index (χ1) is 4.79. The SMILES string of the molecule is CC.Cc1ncnc(C)n1. The van der Waals surface area contributed by atoms with E-state index in [4.69, 9.17) is 0 Å². The second kappa shape index (κ2) is 4.85. The molecule has 0 N–H and O–H groups in total. The molecule has 1 heterocycles. The lowest BCUT2D eigenvalue weighted by atomic mass is 10.6. The maximum Gasteiger partial charge on any atom is 0.129 e. The van der Waals surface area contributed by atoms with E-state index >= 15 is 0 Å². The monoisotopic (exact) mass is 139 g/mol. The highest BCUT2D eigenvalue weighted by molar-refractivity contribution is 4.83. The second-order valence-electron chi connectivity index (χ2n) is 1.58. The minimum absolute atomic E-state index is 0.775. The van der Waals surface area contributed by atoms with Crippen LogP contribution in [0.2, 0.25) is 0 Å². The maximum absolute atomic E-state index is 3.95. The van der Waals surface area contributed by atoms with E-state index in [0.29, 0.717) is 0 Å². The van der Waals surface area contributed by atoms with Crippen molar-refractivity contribution >= 4 is 0 Å². The summed E-state index contributed by atoms with van der Waals surface area (Å²) in [7, 11) is 0. The maximum atomic E-state index is 3.95. The molecule has 0 fully saturated rings. The van der Waals surface area contributed by atoms with Gasteiger partial charge in [0.2, 0.25) is 0 Å². The molecule has 0 aliphatic heterocycles. The van der Waals surface area contributed by atoms with E-state index in [1.807, 2.05) is 27.7 Å². The minimum atomic E-state index is 0.775. The molecule has 10 heavy (non-hydrogen) atoms. The van der Waals surface area contributed by atoms with Crippen LogP contribution in [0.25, 0.3) is 0 Å². The Hall–Kier alpha value is -0.990. The Morgan fingerprint density at radius 3 is 1.60 bits per heavy atom. The fourth-order valence-corrected chi connectivity index (χ4v) is 0.488. The third-order valence-electron chi connectivity index (χ3n) is 0.813. The van der Waals surface area contributed by atoms with Gasteiger partial charge in [0.05, 0.1) is 0 Å². The number of hydrogen-bond acceptors (Lipinski definition) is 3. The highest BCUT2D eigenvalue weighted by atomic mass is 15.0. The molecular formula is C7H13N3. The molecule has 0 aliphatic rings. The number of aromatic nitrogens is 3. The van der Waals surface area contributed by atoms with Gasteiger partial charge in [0.15, 0.2) is 0 Å². The Morgan fingerprint density at radius 2 is 1.40 bits per heavy atom. The summed E-state index contributed by atoms with van der Waals surface area (Å²) in [6.07, 6.45) is 1.51. The van der Waals surface area contributed by atoms with Gasteiger partial charge in [-0.1, -0.05) is 13.8 Å². The van der Waals surface area contributed by atoms with Crippen molar-refractivity contribution in [3.05, 3.63) is 18.0 Å². The zero-order chi connectivity index (χ0) is 7.98. The van der Waals surface area contributed by atoms with Crippen LogP contribution in [0.4, 0.5) is 0 Å². The van der Waals surface area contributed by atoms with Crippen LogP contribution in [0.5, 0.6) is 0 Å². The topological polar surface area (TPSA) is 38.7 Å². The van der Waals surface area contributed by atoms with Gasteiger partial charge in [-0.2, -0.15) is 0 Å². The summed E-state index contributed by atoms with van der Waals surface area (Å²) in [4.78, 5) is 11.6. The molecule has 56 valence electrons. The zero-order valence-electron chi connectivity index (χ0n) is 6.92. The minimum Gasteiger partial charge on any atom is -0.222 e. The van der Waals surface area contributed by atoms with Crippen molar-refractivity contribution in [1.29, 1.82) is 0 Å². The fraction of sp³-hybridized carbons (Fsp3) is 0.571. The number of hydrogen-bond donors (Lipinski definition) is 0. The van der Waals surface area contributed by atoms with E-state index in [9.17, 15) is 0 Å². The molecule has 0 radical (unpaired) electrons. The molecule has 0 spiro atoms. The zero-order valence-corrected chi connectivity index (χ0v) is 6.92. The Kier molecular flexibility index (Phi) is 4.37. The number of rotatable bonds is 0. The van der Waals surface area contributed by atoms with Crippen molar-refractivity contribution < 1.29 is 0 Å². The summed E-state index contributed by atoms with van der Waals surface area (Å²) in [6, 6.07) is 0. The molecule has 0 aromatic carbocycles. The number of nitrogens with zero attached hydrogens (tertiary/aromatic N) is 3. The molecule has 0 atom stereocenters. The fourth-order valence-electron chi connectivity index (χ4n) is 0.488. The molecule has 0 saturated carbocycles. The summed E-state index contributed by atoms with van der Waals surface area (Å²) in [5.41, 5.74) is 0. The van der Waals surface area contributed by atoms with Crippen LogP contribution < -0.4 is 0 Å².